The number of benzene rings is 1. The van der Waals surface area contributed by atoms with Gasteiger partial charge in [0.05, 0.1) is 5.69 Å². The molecule has 0 aliphatic heterocycles. The molecule has 0 atom stereocenters. The fraction of sp³-hybridized carbons (Fsp3) is 0.250. The maximum Gasteiger partial charge on any atom is 0.180 e. The molecular formula is C12H16N2O2S. The fourth-order valence-electron chi connectivity index (χ4n) is 1.31. The number of anilines is 1. The SMILES string of the molecule is CSc1ccccc1NN/C(C(C)=O)=C(/C)O. The van der Waals surface area contributed by atoms with E-state index in [-0.39, 0.29) is 17.2 Å². The lowest BCUT2D eigenvalue weighted by atomic mass is 10.3. The molecule has 0 radical (unpaired) electrons. The van der Waals surface area contributed by atoms with E-state index in [9.17, 15) is 9.90 Å². The van der Waals surface area contributed by atoms with Crippen molar-refractivity contribution < 1.29 is 9.90 Å². The monoisotopic (exact) mass is 252 g/mol. The molecule has 1 aromatic rings. The summed E-state index contributed by atoms with van der Waals surface area (Å²) in [5.74, 6) is -0.259. The highest BCUT2D eigenvalue weighted by atomic mass is 32.2. The first-order chi connectivity index (χ1) is 8.06. The molecule has 3 N–H and O–H groups in total. The summed E-state index contributed by atoms with van der Waals surface area (Å²) in [6, 6.07) is 7.70. The zero-order valence-corrected chi connectivity index (χ0v) is 10.9. The van der Waals surface area contributed by atoms with Crippen LogP contribution in [0.2, 0.25) is 0 Å². The van der Waals surface area contributed by atoms with Gasteiger partial charge in [-0.1, -0.05) is 12.1 Å². The highest BCUT2D eigenvalue weighted by Crippen LogP contribution is 2.23. The number of aliphatic hydroxyl groups is 1. The molecule has 17 heavy (non-hydrogen) atoms. The highest BCUT2D eigenvalue weighted by Gasteiger charge is 2.08. The second kappa shape index (κ2) is 6.20. The minimum Gasteiger partial charge on any atom is -0.510 e. The van der Waals surface area contributed by atoms with E-state index in [0.717, 1.165) is 10.6 Å². The maximum absolute atomic E-state index is 11.2. The molecule has 1 aromatic carbocycles. The first kappa shape index (κ1) is 13.4. The topological polar surface area (TPSA) is 61.4 Å². The van der Waals surface area contributed by atoms with Crippen LogP contribution in [-0.4, -0.2) is 17.1 Å². The highest BCUT2D eigenvalue weighted by molar-refractivity contribution is 7.98. The van der Waals surface area contributed by atoms with Gasteiger partial charge in [0.1, 0.15) is 11.5 Å². The van der Waals surface area contributed by atoms with Crippen molar-refractivity contribution in [3.63, 3.8) is 0 Å². The van der Waals surface area contributed by atoms with Gasteiger partial charge in [-0.15, -0.1) is 11.8 Å². The number of nitrogens with one attached hydrogen (secondary N) is 2. The van der Waals surface area contributed by atoms with Crippen molar-refractivity contribution in [2.45, 2.75) is 18.7 Å². The first-order valence-corrected chi connectivity index (χ1v) is 6.34. The van der Waals surface area contributed by atoms with Gasteiger partial charge in [0.15, 0.2) is 5.78 Å². The molecule has 0 heterocycles. The number of hydrazine groups is 1. The number of allylic oxidation sites excluding steroid dienone is 2. The Balaban J connectivity index is 2.80. The van der Waals surface area contributed by atoms with E-state index in [1.54, 1.807) is 11.8 Å². The van der Waals surface area contributed by atoms with Crippen LogP contribution in [0.15, 0.2) is 40.6 Å². The third-order valence-corrected chi connectivity index (χ3v) is 2.94. The van der Waals surface area contributed by atoms with Crippen LogP contribution in [0.5, 0.6) is 0 Å². The second-order valence-corrected chi connectivity index (χ2v) is 4.31. The lowest BCUT2D eigenvalue weighted by Gasteiger charge is -2.14. The zero-order valence-electron chi connectivity index (χ0n) is 10.1. The smallest absolute Gasteiger partial charge is 0.180 e. The number of thioether (sulfide) groups is 1. The Morgan fingerprint density at radius 1 is 1.29 bits per heavy atom. The van der Waals surface area contributed by atoms with Crippen LogP contribution in [0.4, 0.5) is 5.69 Å². The standard InChI is InChI=1S/C12H16N2O2S/c1-8(15)12(9(2)16)14-13-10-6-4-5-7-11(10)17-3/h4-7,13-15H,1-3H3/b12-8-. The van der Waals surface area contributed by atoms with E-state index in [4.69, 9.17) is 0 Å². The number of aliphatic hydroxyl groups excluding tert-OH is 1. The Morgan fingerprint density at radius 3 is 2.47 bits per heavy atom. The van der Waals surface area contributed by atoms with Crippen molar-refractivity contribution in [1.82, 2.24) is 5.43 Å². The van der Waals surface area contributed by atoms with Crippen molar-refractivity contribution in [3.05, 3.63) is 35.7 Å². The summed E-state index contributed by atoms with van der Waals surface area (Å²) in [6.45, 7) is 2.86. The number of carbonyl (C=O) groups excluding carboxylic acids is 1. The van der Waals surface area contributed by atoms with E-state index >= 15 is 0 Å². The van der Waals surface area contributed by atoms with Crippen LogP contribution in [0, 0.1) is 0 Å². The molecule has 0 spiro atoms. The summed E-state index contributed by atoms with van der Waals surface area (Å²) < 4.78 is 0. The summed E-state index contributed by atoms with van der Waals surface area (Å²) in [4.78, 5) is 12.3. The van der Waals surface area contributed by atoms with Crippen LogP contribution in [0.1, 0.15) is 13.8 Å². The summed E-state index contributed by atoms with van der Waals surface area (Å²) in [7, 11) is 0. The van der Waals surface area contributed by atoms with E-state index < -0.39 is 0 Å². The Labute approximate surface area is 105 Å². The number of Topliss-reactive ketones (excluding diaryl/α,β-unsaturated/α-hetero) is 1. The molecule has 5 heteroatoms. The maximum atomic E-state index is 11.2. The molecule has 0 aliphatic rings. The van der Waals surface area contributed by atoms with Gasteiger partial charge in [-0.3, -0.25) is 15.6 Å². The molecule has 0 unspecified atom stereocenters. The van der Waals surface area contributed by atoms with Gasteiger partial charge in [0, 0.05) is 11.8 Å². The molecule has 1 rings (SSSR count). The van der Waals surface area contributed by atoms with Crippen LogP contribution in [0.25, 0.3) is 0 Å². The Kier molecular flexibility index (Phi) is 4.90. The summed E-state index contributed by atoms with van der Waals surface area (Å²) in [5, 5.41) is 9.34. The molecule has 4 nitrogen and oxygen atoms in total. The van der Waals surface area contributed by atoms with Gasteiger partial charge in [-0.2, -0.15) is 0 Å². The summed E-state index contributed by atoms with van der Waals surface area (Å²) in [5.41, 5.74) is 6.67. The number of hydrogen-bond acceptors (Lipinski definition) is 5. The van der Waals surface area contributed by atoms with Gasteiger partial charge in [-0.05, 0) is 25.3 Å². The minimum atomic E-state index is -0.223. The van der Waals surface area contributed by atoms with Crippen LogP contribution < -0.4 is 10.9 Å². The number of rotatable bonds is 5. The predicted molar refractivity (Wildman–Crippen MR) is 71.0 cm³/mol. The third-order valence-electron chi connectivity index (χ3n) is 2.14. The lowest BCUT2D eigenvalue weighted by Crippen LogP contribution is -2.26. The normalized spacial score (nSPS) is 11.7. The molecule has 0 saturated heterocycles. The van der Waals surface area contributed by atoms with Gasteiger partial charge in [0.2, 0.25) is 0 Å². The first-order valence-electron chi connectivity index (χ1n) is 5.12. The Bertz CT molecular complexity index is 440. The van der Waals surface area contributed by atoms with Gasteiger partial charge < -0.3 is 5.11 Å². The van der Waals surface area contributed by atoms with Crippen LogP contribution in [-0.2, 0) is 4.79 Å². The number of hydrogen-bond donors (Lipinski definition) is 3. The molecule has 0 aromatic heterocycles. The zero-order chi connectivity index (χ0) is 12.8. The Hall–Kier alpha value is -1.62. The fourth-order valence-corrected chi connectivity index (χ4v) is 1.86. The molecular weight excluding hydrogens is 236 g/mol. The van der Waals surface area contributed by atoms with Crippen LogP contribution >= 0.6 is 11.8 Å². The lowest BCUT2D eigenvalue weighted by molar-refractivity contribution is -0.114. The van der Waals surface area contributed by atoms with Gasteiger partial charge >= 0.3 is 0 Å². The summed E-state index contributed by atoms with van der Waals surface area (Å²) in [6.07, 6.45) is 1.97. The van der Waals surface area contributed by atoms with E-state index in [1.165, 1.54) is 13.8 Å². The predicted octanol–water partition coefficient (Wildman–Crippen LogP) is 2.70. The third kappa shape index (κ3) is 3.71. The van der Waals surface area contributed by atoms with Crippen molar-refractivity contribution in [3.8, 4) is 0 Å². The molecule has 92 valence electrons. The quantitative estimate of drug-likeness (QED) is 0.325. The van der Waals surface area contributed by atoms with Gasteiger partial charge in [0.25, 0.3) is 0 Å². The number of ketones is 1. The summed E-state index contributed by atoms with van der Waals surface area (Å²) >= 11 is 1.60. The number of para-hydroxylation sites is 1. The molecule has 0 saturated carbocycles. The molecule has 0 amide bonds. The van der Waals surface area contributed by atoms with Crippen molar-refractivity contribution in [2.24, 2.45) is 0 Å². The molecule has 0 bridgehead atoms. The van der Waals surface area contributed by atoms with E-state index in [0.29, 0.717) is 0 Å². The average Bonchev–Trinajstić information content (AvgIpc) is 2.29. The average molecular weight is 252 g/mol. The number of carbonyl (C=O) groups is 1. The minimum absolute atomic E-state index is 0.0355. The van der Waals surface area contributed by atoms with Crippen molar-refractivity contribution in [1.29, 1.82) is 0 Å². The molecule has 0 fully saturated rings. The van der Waals surface area contributed by atoms with Crippen molar-refractivity contribution >= 4 is 23.2 Å². The van der Waals surface area contributed by atoms with E-state index in [1.807, 2.05) is 30.5 Å². The largest absolute Gasteiger partial charge is 0.510 e. The van der Waals surface area contributed by atoms with E-state index in [2.05, 4.69) is 10.9 Å². The Morgan fingerprint density at radius 2 is 1.94 bits per heavy atom. The van der Waals surface area contributed by atoms with Gasteiger partial charge in [-0.25, -0.2) is 0 Å². The molecule has 0 aliphatic carbocycles. The van der Waals surface area contributed by atoms with Crippen molar-refractivity contribution in [2.75, 3.05) is 11.7 Å². The van der Waals surface area contributed by atoms with Crippen LogP contribution in [0.3, 0.4) is 0 Å². The second-order valence-electron chi connectivity index (χ2n) is 3.47.